The van der Waals surface area contributed by atoms with Crippen LogP contribution in [-0.2, 0) is 12.6 Å². The van der Waals surface area contributed by atoms with E-state index in [1.54, 1.807) is 0 Å². The van der Waals surface area contributed by atoms with E-state index >= 15 is 0 Å². The van der Waals surface area contributed by atoms with Gasteiger partial charge in [-0.3, -0.25) is 4.98 Å². The molecule has 1 aromatic heterocycles. The van der Waals surface area contributed by atoms with Crippen LogP contribution in [0.1, 0.15) is 18.2 Å². The molecule has 0 fully saturated rings. The second-order valence-corrected chi connectivity index (χ2v) is 5.11. The molecule has 0 aliphatic carbocycles. The number of fused-ring (bicyclic) bond motifs is 1. The molecule has 2 aromatic carbocycles. The Morgan fingerprint density at radius 3 is 2.27 bits per heavy atom. The summed E-state index contributed by atoms with van der Waals surface area (Å²) in [7, 11) is 0. The minimum Gasteiger partial charge on any atom is -0.252 e. The van der Waals surface area contributed by atoms with E-state index in [0.29, 0.717) is 5.56 Å². The smallest absolute Gasteiger partial charge is 0.252 e. The number of alkyl halides is 3. The Balaban J connectivity index is 2.17. The molecule has 3 aromatic rings. The van der Waals surface area contributed by atoms with Crippen LogP contribution in [0.15, 0.2) is 54.6 Å². The van der Waals surface area contributed by atoms with Gasteiger partial charge in [-0.25, -0.2) is 0 Å². The third-order valence-electron chi connectivity index (χ3n) is 3.64. The first-order chi connectivity index (χ1) is 10.5. The van der Waals surface area contributed by atoms with Crippen LogP contribution in [0, 0.1) is 0 Å². The average molecular weight is 301 g/mol. The number of halogens is 3. The lowest BCUT2D eigenvalue weighted by atomic mass is 10.0. The lowest BCUT2D eigenvalue weighted by Crippen LogP contribution is -2.04. The number of hydrogen-bond donors (Lipinski definition) is 0. The Morgan fingerprint density at radius 2 is 1.64 bits per heavy atom. The summed E-state index contributed by atoms with van der Waals surface area (Å²) in [4.78, 5) is 4.60. The molecule has 0 atom stereocenters. The van der Waals surface area contributed by atoms with Crippen molar-refractivity contribution in [2.45, 2.75) is 19.5 Å². The van der Waals surface area contributed by atoms with Crippen LogP contribution >= 0.6 is 0 Å². The van der Waals surface area contributed by atoms with E-state index in [2.05, 4.69) is 4.98 Å². The number of benzene rings is 2. The van der Waals surface area contributed by atoms with Gasteiger partial charge < -0.3 is 0 Å². The molecule has 1 heterocycles. The summed E-state index contributed by atoms with van der Waals surface area (Å²) in [6, 6.07) is 15.0. The van der Waals surface area contributed by atoms with Gasteiger partial charge in [0.15, 0.2) is 0 Å². The molecular formula is C18H14F3N. The summed E-state index contributed by atoms with van der Waals surface area (Å²) in [5, 5.41) is 1.99. The lowest BCUT2D eigenvalue weighted by molar-refractivity contribution is -0.137. The van der Waals surface area contributed by atoms with Crippen molar-refractivity contribution >= 4 is 10.8 Å². The van der Waals surface area contributed by atoms with Crippen LogP contribution in [0.4, 0.5) is 13.2 Å². The maximum atomic E-state index is 12.7. The first kappa shape index (κ1) is 14.6. The van der Waals surface area contributed by atoms with Crippen LogP contribution in [0.25, 0.3) is 22.0 Å². The zero-order valence-electron chi connectivity index (χ0n) is 12.0. The van der Waals surface area contributed by atoms with Gasteiger partial charge in [0.05, 0.1) is 11.3 Å². The molecule has 0 unspecified atom stereocenters. The number of hydrogen-bond acceptors (Lipinski definition) is 1. The van der Waals surface area contributed by atoms with E-state index in [-0.39, 0.29) is 0 Å². The van der Waals surface area contributed by atoms with Gasteiger partial charge >= 0.3 is 6.18 Å². The molecule has 3 rings (SSSR count). The SMILES string of the molecule is CCc1cc2ccccc2c(-c2ccc(C(F)(F)F)cc2)n1. The van der Waals surface area contributed by atoms with Crippen LogP contribution in [0.2, 0.25) is 0 Å². The fourth-order valence-electron chi connectivity index (χ4n) is 2.47. The molecule has 0 saturated heterocycles. The van der Waals surface area contributed by atoms with Crippen LogP contribution < -0.4 is 0 Å². The normalized spacial score (nSPS) is 11.8. The van der Waals surface area contributed by atoms with E-state index in [9.17, 15) is 13.2 Å². The zero-order valence-corrected chi connectivity index (χ0v) is 12.0. The molecule has 0 radical (unpaired) electrons. The van der Waals surface area contributed by atoms with E-state index < -0.39 is 11.7 Å². The fourth-order valence-corrected chi connectivity index (χ4v) is 2.47. The highest BCUT2D eigenvalue weighted by Gasteiger charge is 2.30. The van der Waals surface area contributed by atoms with Crippen molar-refractivity contribution in [1.82, 2.24) is 4.98 Å². The second kappa shape index (κ2) is 5.44. The van der Waals surface area contributed by atoms with E-state index in [4.69, 9.17) is 0 Å². The van der Waals surface area contributed by atoms with E-state index in [1.807, 2.05) is 37.3 Å². The first-order valence-corrected chi connectivity index (χ1v) is 7.05. The molecule has 0 aliphatic rings. The number of rotatable bonds is 2. The van der Waals surface area contributed by atoms with E-state index in [0.717, 1.165) is 40.7 Å². The van der Waals surface area contributed by atoms with Gasteiger partial charge in [-0.05, 0) is 30.0 Å². The maximum absolute atomic E-state index is 12.7. The summed E-state index contributed by atoms with van der Waals surface area (Å²) in [6.45, 7) is 2.01. The maximum Gasteiger partial charge on any atom is 0.416 e. The van der Waals surface area contributed by atoms with Crippen molar-refractivity contribution in [3.8, 4) is 11.3 Å². The zero-order chi connectivity index (χ0) is 15.7. The van der Waals surface area contributed by atoms with Gasteiger partial charge in [0.25, 0.3) is 0 Å². The van der Waals surface area contributed by atoms with Crippen molar-refractivity contribution in [1.29, 1.82) is 0 Å². The van der Waals surface area contributed by atoms with Gasteiger partial charge in [0, 0.05) is 16.6 Å². The minimum absolute atomic E-state index is 0.646. The van der Waals surface area contributed by atoms with Gasteiger partial charge in [0.1, 0.15) is 0 Å². The third kappa shape index (κ3) is 2.69. The van der Waals surface area contributed by atoms with Crippen molar-refractivity contribution in [2.24, 2.45) is 0 Å². The Kier molecular flexibility index (Phi) is 3.61. The third-order valence-corrected chi connectivity index (χ3v) is 3.64. The van der Waals surface area contributed by atoms with Crippen molar-refractivity contribution in [3.63, 3.8) is 0 Å². The summed E-state index contributed by atoms with van der Waals surface area (Å²) >= 11 is 0. The number of pyridine rings is 1. The van der Waals surface area contributed by atoms with Gasteiger partial charge in [0.2, 0.25) is 0 Å². The number of aryl methyl sites for hydroxylation is 1. The molecule has 0 bridgehead atoms. The highest BCUT2D eigenvalue weighted by Crippen LogP contribution is 2.32. The quantitative estimate of drug-likeness (QED) is 0.610. The van der Waals surface area contributed by atoms with Crippen molar-refractivity contribution in [2.75, 3.05) is 0 Å². The minimum atomic E-state index is -4.32. The predicted octanol–water partition coefficient (Wildman–Crippen LogP) is 5.48. The number of aromatic nitrogens is 1. The molecule has 0 amide bonds. The van der Waals surface area contributed by atoms with Crippen molar-refractivity contribution in [3.05, 3.63) is 65.9 Å². The molecule has 112 valence electrons. The Hall–Kier alpha value is -2.36. The molecular weight excluding hydrogens is 287 g/mol. The lowest BCUT2D eigenvalue weighted by Gasteiger charge is -2.11. The topological polar surface area (TPSA) is 12.9 Å². The average Bonchev–Trinajstić information content (AvgIpc) is 2.53. The first-order valence-electron chi connectivity index (χ1n) is 7.05. The van der Waals surface area contributed by atoms with E-state index in [1.165, 1.54) is 12.1 Å². The second-order valence-electron chi connectivity index (χ2n) is 5.11. The summed E-state index contributed by atoms with van der Waals surface area (Å²) < 4.78 is 38.0. The summed E-state index contributed by atoms with van der Waals surface area (Å²) in [5.74, 6) is 0. The monoisotopic (exact) mass is 301 g/mol. The summed E-state index contributed by atoms with van der Waals surface area (Å²) in [6.07, 6.45) is -3.54. The Morgan fingerprint density at radius 1 is 0.955 bits per heavy atom. The molecule has 1 nitrogen and oxygen atoms in total. The van der Waals surface area contributed by atoms with Gasteiger partial charge in [-0.2, -0.15) is 13.2 Å². The number of nitrogens with zero attached hydrogens (tertiary/aromatic N) is 1. The molecule has 0 spiro atoms. The molecule has 4 heteroatoms. The molecule has 0 saturated carbocycles. The standard InChI is InChI=1S/C18H14F3N/c1-2-15-11-13-5-3-4-6-16(13)17(22-15)12-7-9-14(10-8-12)18(19,20)21/h3-11H,2H2,1H3. The Labute approximate surface area is 126 Å². The highest BCUT2D eigenvalue weighted by atomic mass is 19.4. The van der Waals surface area contributed by atoms with Crippen LogP contribution in [0.3, 0.4) is 0 Å². The molecule has 0 N–H and O–H groups in total. The van der Waals surface area contributed by atoms with Crippen LogP contribution in [0.5, 0.6) is 0 Å². The Bertz CT molecular complexity index is 805. The largest absolute Gasteiger partial charge is 0.416 e. The molecule has 22 heavy (non-hydrogen) atoms. The van der Waals surface area contributed by atoms with Gasteiger partial charge in [-0.1, -0.05) is 43.3 Å². The fraction of sp³-hybridized carbons (Fsp3) is 0.167. The summed E-state index contributed by atoms with van der Waals surface area (Å²) in [5.41, 5.74) is 1.70. The van der Waals surface area contributed by atoms with Crippen molar-refractivity contribution < 1.29 is 13.2 Å². The highest BCUT2D eigenvalue weighted by molar-refractivity contribution is 5.94. The van der Waals surface area contributed by atoms with Crippen LogP contribution in [-0.4, -0.2) is 4.98 Å². The molecule has 0 aliphatic heterocycles. The predicted molar refractivity (Wildman–Crippen MR) is 81.6 cm³/mol. The van der Waals surface area contributed by atoms with Gasteiger partial charge in [-0.15, -0.1) is 0 Å².